The third kappa shape index (κ3) is 5.27. The van der Waals surface area contributed by atoms with Crippen LogP contribution >= 0.6 is 0 Å². The summed E-state index contributed by atoms with van der Waals surface area (Å²) < 4.78 is 18.7. The Bertz CT molecular complexity index is 691. The van der Waals surface area contributed by atoms with Crippen molar-refractivity contribution < 1.29 is 19.0 Å². The van der Waals surface area contributed by atoms with Crippen LogP contribution in [0.3, 0.4) is 0 Å². The number of nitrogens with one attached hydrogen (secondary N) is 1. The zero-order valence-corrected chi connectivity index (χ0v) is 14.4. The lowest BCUT2D eigenvalue weighted by molar-refractivity contribution is -0.116. The van der Waals surface area contributed by atoms with Gasteiger partial charge >= 0.3 is 0 Å². The summed E-state index contributed by atoms with van der Waals surface area (Å²) >= 11 is 0. The molecule has 1 unspecified atom stereocenters. The van der Waals surface area contributed by atoms with Gasteiger partial charge in [-0.05, 0) is 36.9 Å². The molecule has 0 aliphatic heterocycles. The number of carbonyl (C=O) groups excluding carboxylic acids is 1. The Morgan fingerprint density at radius 3 is 2.52 bits per heavy atom. The van der Waals surface area contributed by atoms with Crippen molar-refractivity contribution in [3.8, 4) is 5.75 Å². The van der Waals surface area contributed by atoms with Crippen LogP contribution in [0, 0.1) is 5.82 Å². The van der Waals surface area contributed by atoms with E-state index in [1.54, 1.807) is 19.2 Å². The van der Waals surface area contributed by atoms with Crippen molar-refractivity contribution in [2.75, 3.05) is 32.6 Å². The SMILES string of the molecule is COc1ccc(C(CO)N(C)CCC(=O)Nc2ccccc2F)cc1. The molecule has 0 aliphatic carbocycles. The summed E-state index contributed by atoms with van der Waals surface area (Å²) in [4.78, 5) is 13.9. The molecule has 2 aromatic rings. The lowest BCUT2D eigenvalue weighted by Crippen LogP contribution is -2.30. The van der Waals surface area contributed by atoms with E-state index in [-0.39, 0.29) is 30.7 Å². The van der Waals surface area contributed by atoms with Crippen molar-refractivity contribution >= 4 is 11.6 Å². The molecule has 2 N–H and O–H groups in total. The molecule has 1 amide bonds. The predicted octanol–water partition coefficient (Wildman–Crippen LogP) is 2.83. The molecule has 0 saturated carbocycles. The maximum absolute atomic E-state index is 13.5. The lowest BCUT2D eigenvalue weighted by Gasteiger charge is -2.26. The number of rotatable bonds is 8. The second-order valence-corrected chi connectivity index (χ2v) is 5.73. The predicted molar refractivity (Wildman–Crippen MR) is 95.1 cm³/mol. The maximum Gasteiger partial charge on any atom is 0.225 e. The number of benzene rings is 2. The van der Waals surface area contributed by atoms with E-state index in [4.69, 9.17) is 4.74 Å². The number of likely N-dealkylation sites (N-methyl/N-ethyl adjacent to an activating group) is 1. The minimum absolute atomic E-state index is 0.0717. The lowest BCUT2D eigenvalue weighted by atomic mass is 10.1. The number of halogens is 1. The molecule has 6 heteroatoms. The van der Waals surface area contributed by atoms with Crippen LogP contribution in [0.5, 0.6) is 5.75 Å². The average Bonchev–Trinajstić information content (AvgIpc) is 2.63. The Morgan fingerprint density at radius 2 is 1.92 bits per heavy atom. The van der Waals surface area contributed by atoms with Crippen molar-refractivity contribution in [3.63, 3.8) is 0 Å². The number of amides is 1. The number of ether oxygens (including phenoxy) is 1. The summed E-state index contributed by atoms with van der Waals surface area (Å²) in [6.45, 7) is 0.356. The number of carbonyl (C=O) groups is 1. The first-order valence-corrected chi connectivity index (χ1v) is 8.04. The van der Waals surface area contributed by atoms with Gasteiger partial charge in [0, 0.05) is 13.0 Å². The third-order valence-corrected chi connectivity index (χ3v) is 4.05. The first-order valence-electron chi connectivity index (χ1n) is 8.04. The molecule has 2 aromatic carbocycles. The van der Waals surface area contributed by atoms with Gasteiger partial charge in [0.05, 0.1) is 25.4 Å². The van der Waals surface area contributed by atoms with Gasteiger partial charge in [0.15, 0.2) is 0 Å². The van der Waals surface area contributed by atoms with Crippen molar-refractivity contribution in [1.82, 2.24) is 4.90 Å². The summed E-state index contributed by atoms with van der Waals surface area (Å²) in [7, 11) is 3.43. The fraction of sp³-hybridized carbons (Fsp3) is 0.316. The topological polar surface area (TPSA) is 61.8 Å². The van der Waals surface area contributed by atoms with Gasteiger partial charge in [-0.1, -0.05) is 24.3 Å². The average molecular weight is 346 g/mol. The molecule has 5 nitrogen and oxygen atoms in total. The molecule has 25 heavy (non-hydrogen) atoms. The van der Waals surface area contributed by atoms with Crippen molar-refractivity contribution in [2.45, 2.75) is 12.5 Å². The summed E-state index contributed by atoms with van der Waals surface area (Å²) in [5.41, 5.74) is 1.10. The maximum atomic E-state index is 13.5. The van der Waals surface area contributed by atoms with E-state index in [0.717, 1.165) is 11.3 Å². The number of aliphatic hydroxyl groups excluding tert-OH is 1. The summed E-state index contributed by atoms with van der Waals surface area (Å²) in [5, 5.41) is 12.2. The molecule has 134 valence electrons. The van der Waals surface area contributed by atoms with Crippen LogP contribution in [0.2, 0.25) is 0 Å². The van der Waals surface area contributed by atoms with E-state index < -0.39 is 5.82 Å². The molecule has 0 radical (unpaired) electrons. The third-order valence-electron chi connectivity index (χ3n) is 4.05. The van der Waals surface area contributed by atoms with Crippen LogP contribution in [0.15, 0.2) is 48.5 Å². The minimum atomic E-state index is -0.462. The number of hydrogen-bond donors (Lipinski definition) is 2. The van der Waals surface area contributed by atoms with E-state index in [9.17, 15) is 14.3 Å². The molecule has 0 bridgehead atoms. The van der Waals surface area contributed by atoms with Gasteiger partial charge in [0.1, 0.15) is 11.6 Å². The Morgan fingerprint density at radius 1 is 1.24 bits per heavy atom. The highest BCUT2D eigenvalue weighted by Gasteiger charge is 2.17. The van der Waals surface area contributed by atoms with Gasteiger partial charge in [0.25, 0.3) is 0 Å². The minimum Gasteiger partial charge on any atom is -0.497 e. The van der Waals surface area contributed by atoms with Gasteiger partial charge in [-0.15, -0.1) is 0 Å². The fourth-order valence-corrected chi connectivity index (χ4v) is 2.53. The van der Waals surface area contributed by atoms with Gasteiger partial charge in [-0.3, -0.25) is 9.69 Å². The largest absolute Gasteiger partial charge is 0.497 e. The van der Waals surface area contributed by atoms with Gasteiger partial charge < -0.3 is 15.2 Å². The van der Waals surface area contributed by atoms with Crippen molar-refractivity contribution in [2.24, 2.45) is 0 Å². The summed E-state index contributed by atoms with van der Waals surface area (Å²) in [6, 6.07) is 13.2. The van der Waals surface area contributed by atoms with Gasteiger partial charge in [-0.2, -0.15) is 0 Å². The van der Waals surface area contributed by atoms with Crippen LogP contribution in [-0.2, 0) is 4.79 Å². The van der Waals surface area contributed by atoms with E-state index in [1.807, 2.05) is 36.2 Å². The van der Waals surface area contributed by atoms with Crippen LogP contribution in [-0.4, -0.2) is 43.2 Å². The first-order chi connectivity index (χ1) is 12.0. The Labute approximate surface area is 147 Å². The highest BCUT2D eigenvalue weighted by atomic mass is 19.1. The van der Waals surface area contributed by atoms with Crippen molar-refractivity contribution in [3.05, 3.63) is 59.9 Å². The molecular weight excluding hydrogens is 323 g/mol. The molecule has 0 fully saturated rings. The smallest absolute Gasteiger partial charge is 0.225 e. The molecule has 0 spiro atoms. The molecule has 0 heterocycles. The zero-order valence-electron chi connectivity index (χ0n) is 14.4. The molecule has 1 atom stereocenters. The van der Waals surface area contributed by atoms with E-state index >= 15 is 0 Å². The fourth-order valence-electron chi connectivity index (χ4n) is 2.53. The van der Waals surface area contributed by atoms with E-state index in [2.05, 4.69) is 5.32 Å². The monoisotopic (exact) mass is 346 g/mol. The number of para-hydroxylation sites is 1. The van der Waals surface area contributed by atoms with Crippen molar-refractivity contribution in [1.29, 1.82) is 0 Å². The first kappa shape index (κ1) is 18.9. The number of methoxy groups -OCH3 is 1. The van der Waals surface area contributed by atoms with E-state index in [0.29, 0.717) is 6.54 Å². The van der Waals surface area contributed by atoms with E-state index in [1.165, 1.54) is 12.1 Å². The second-order valence-electron chi connectivity index (χ2n) is 5.73. The number of aliphatic hydroxyl groups is 1. The normalized spacial score (nSPS) is 12.0. The number of nitrogens with zero attached hydrogens (tertiary/aromatic N) is 1. The van der Waals surface area contributed by atoms with Gasteiger partial charge in [0.2, 0.25) is 5.91 Å². The summed E-state index contributed by atoms with van der Waals surface area (Å²) in [5.74, 6) is 0.00593. The zero-order chi connectivity index (χ0) is 18.2. The summed E-state index contributed by atoms with van der Waals surface area (Å²) in [6.07, 6.45) is 0.192. The molecular formula is C19H23FN2O3. The van der Waals surface area contributed by atoms with Crippen LogP contribution < -0.4 is 10.1 Å². The quantitative estimate of drug-likeness (QED) is 0.772. The Balaban J connectivity index is 1.91. The van der Waals surface area contributed by atoms with Crippen LogP contribution in [0.1, 0.15) is 18.0 Å². The number of anilines is 1. The highest BCUT2D eigenvalue weighted by Crippen LogP contribution is 2.22. The Hall–Kier alpha value is -2.44. The van der Waals surface area contributed by atoms with Crippen LogP contribution in [0.25, 0.3) is 0 Å². The molecule has 0 aliphatic rings. The van der Waals surface area contributed by atoms with Crippen LogP contribution in [0.4, 0.5) is 10.1 Å². The molecule has 0 saturated heterocycles. The molecule has 0 aromatic heterocycles. The highest BCUT2D eigenvalue weighted by molar-refractivity contribution is 5.90. The number of hydrogen-bond acceptors (Lipinski definition) is 4. The standard InChI is InChI=1S/C19H23FN2O3/c1-22(18(13-23)14-7-9-15(25-2)10-8-14)12-11-19(24)21-17-6-4-3-5-16(17)20/h3-10,18,23H,11-13H2,1-2H3,(H,21,24). The van der Waals surface area contributed by atoms with Gasteiger partial charge in [-0.25, -0.2) is 4.39 Å². The Kier molecular flexibility index (Phi) is 6.91. The second kappa shape index (κ2) is 9.15. The molecule has 2 rings (SSSR count).